The van der Waals surface area contributed by atoms with E-state index >= 15 is 0 Å². The number of halogens is 3. The third-order valence-electron chi connectivity index (χ3n) is 4.41. The Labute approximate surface area is 159 Å². The molecule has 1 aromatic carbocycles. The Kier molecular flexibility index (Phi) is 4.57. The van der Waals surface area contributed by atoms with Gasteiger partial charge in [0.2, 0.25) is 0 Å². The lowest BCUT2D eigenvalue weighted by Crippen LogP contribution is -2.08. The first-order valence-electron chi connectivity index (χ1n) is 8.20. The quantitative estimate of drug-likeness (QED) is 0.510. The third-order valence-corrected chi connectivity index (χ3v) is 4.41. The van der Waals surface area contributed by atoms with Crippen molar-refractivity contribution in [3.05, 3.63) is 41.3 Å². The lowest BCUT2D eigenvalue weighted by Gasteiger charge is -2.09. The summed E-state index contributed by atoms with van der Waals surface area (Å²) in [7, 11) is 1.46. The van der Waals surface area contributed by atoms with Gasteiger partial charge in [0.05, 0.1) is 16.7 Å². The summed E-state index contributed by atoms with van der Waals surface area (Å²) in [6.45, 7) is 5.31. The van der Waals surface area contributed by atoms with Gasteiger partial charge in [0.25, 0.3) is 0 Å². The largest absolute Gasteiger partial charge is 0.435 e. The van der Waals surface area contributed by atoms with Crippen LogP contribution in [-0.4, -0.2) is 24.9 Å². The lowest BCUT2D eigenvalue weighted by molar-refractivity contribution is -0.140. The average molecular weight is 391 g/mol. The summed E-state index contributed by atoms with van der Waals surface area (Å²) in [5.41, 5.74) is 2.61. The number of H-pyrrole nitrogens is 1. The number of nitrogens with one attached hydrogen (secondary N) is 1. The van der Waals surface area contributed by atoms with Crippen molar-refractivity contribution in [1.82, 2.24) is 24.9 Å². The zero-order chi connectivity index (χ0) is 19.5. The first-order valence-corrected chi connectivity index (χ1v) is 8.20. The zero-order valence-electron chi connectivity index (χ0n) is 15.1. The fourth-order valence-corrected chi connectivity index (χ4v) is 3.38. The molecular formula is C19H20F3N5O. The van der Waals surface area contributed by atoms with E-state index in [4.69, 9.17) is 4.52 Å². The van der Waals surface area contributed by atoms with Crippen LogP contribution >= 0.6 is 0 Å². The molecule has 0 saturated heterocycles. The predicted molar refractivity (Wildman–Crippen MR) is 99.7 cm³/mol. The summed E-state index contributed by atoms with van der Waals surface area (Å²) >= 11 is 0. The van der Waals surface area contributed by atoms with Crippen molar-refractivity contribution < 1.29 is 17.7 Å². The number of alkyl halides is 3. The molecule has 28 heavy (non-hydrogen) atoms. The van der Waals surface area contributed by atoms with Gasteiger partial charge in [-0.05, 0) is 38.5 Å². The maximum Gasteiger partial charge on any atom is 0.435 e. The fraction of sp³-hybridized carbons (Fsp3) is 0.316. The summed E-state index contributed by atoms with van der Waals surface area (Å²) in [6.07, 6.45) is -3.22. The SMILES string of the molecule is C.Cc1nc2c(-c3cn(C)nc3C(F)(F)F)cc(-c3c(C)noc3C)cc2[nH]1. The van der Waals surface area contributed by atoms with Gasteiger partial charge in [-0.2, -0.15) is 18.3 Å². The van der Waals surface area contributed by atoms with Crippen LogP contribution in [0.1, 0.15) is 30.4 Å². The van der Waals surface area contributed by atoms with Crippen LogP contribution in [0.25, 0.3) is 33.3 Å². The highest BCUT2D eigenvalue weighted by molar-refractivity contribution is 5.97. The van der Waals surface area contributed by atoms with Gasteiger partial charge in [-0.25, -0.2) is 4.98 Å². The monoisotopic (exact) mass is 391 g/mol. The van der Waals surface area contributed by atoms with E-state index in [0.717, 1.165) is 10.2 Å². The third kappa shape index (κ3) is 3.06. The maximum absolute atomic E-state index is 13.5. The molecule has 3 heterocycles. The number of aromatic nitrogens is 5. The van der Waals surface area contributed by atoms with E-state index in [9.17, 15) is 13.2 Å². The van der Waals surface area contributed by atoms with Crippen LogP contribution in [0.5, 0.6) is 0 Å². The Balaban J connectivity index is 0.00000225. The highest BCUT2D eigenvalue weighted by Gasteiger charge is 2.38. The minimum Gasteiger partial charge on any atom is -0.361 e. The standard InChI is InChI=1S/C18H16F3N5O.CH4/c1-8-15(9(2)27-25-8)11-5-12(16-14(6-11)22-10(3)23-16)13-7-26(4)24-17(13)18(19,20)21;/h5-7H,1-4H3,(H,22,23);1H4. The molecule has 6 nitrogen and oxygen atoms in total. The summed E-state index contributed by atoms with van der Waals surface area (Å²) in [5, 5.41) is 7.57. The van der Waals surface area contributed by atoms with Gasteiger partial charge < -0.3 is 9.51 Å². The van der Waals surface area contributed by atoms with Crippen LogP contribution in [0, 0.1) is 20.8 Å². The number of hydrogen-bond acceptors (Lipinski definition) is 4. The molecule has 0 aliphatic carbocycles. The van der Waals surface area contributed by atoms with E-state index in [1.807, 2.05) is 6.07 Å². The van der Waals surface area contributed by atoms with Crippen molar-refractivity contribution in [1.29, 1.82) is 0 Å². The molecule has 4 rings (SSSR count). The van der Waals surface area contributed by atoms with Crippen molar-refractivity contribution in [2.45, 2.75) is 34.4 Å². The zero-order valence-corrected chi connectivity index (χ0v) is 15.1. The van der Waals surface area contributed by atoms with Crippen LogP contribution in [0.15, 0.2) is 22.9 Å². The van der Waals surface area contributed by atoms with Crippen LogP contribution < -0.4 is 0 Å². The molecule has 0 spiro atoms. The van der Waals surface area contributed by atoms with Crippen molar-refractivity contribution >= 4 is 11.0 Å². The average Bonchev–Trinajstić information content (AvgIpc) is 3.22. The van der Waals surface area contributed by atoms with Gasteiger partial charge in [0.1, 0.15) is 11.6 Å². The van der Waals surface area contributed by atoms with E-state index in [-0.39, 0.29) is 13.0 Å². The summed E-state index contributed by atoms with van der Waals surface area (Å²) in [5.74, 6) is 1.20. The molecular weight excluding hydrogens is 371 g/mol. The van der Waals surface area contributed by atoms with Gasteiger partial charge in [0, 0.05) is 29.9 Å². The fourth-order valence-electron chi connectivity index (χ4n) is 3.38. The smallest absolute Gasteiger partial charge is 0.361 e. The maximum atomic E-state index is 13.5. The van der Waals surface area contributed by atoms with Crippen LogP contribution in [-0.2, 0) is 13.2 Å². The van der Waals surface area contributed by atoms with Gasteiger partial charge in [-0.3, -0.25) is 4.68 Å². The number of imidazole rings is 1. The topological polar surface area (TPSA) is 72.5 Å². The molecule has 1 N–H and O–H groups in total. The van der Waals surface area contributed by atoms with Crippen molar-refractivity contribution in [3.8, 4) is 22.3 Å². The Morgan fingerprint density at radius 1 is 1.11 bits per heavy atom. The van der Waals surface area contributed by atoms with Crippen LogP contribution in [0.2, 0.25) is 0 Å². The number of hydrogen-bond donors (Lipinski definition) is 1. The molecule has 0 unspecified atom stereocenters. The molecule has 0 atom stereocenters. The van der Waals surface area contributed by atoms with Gasteiger partial charge in [-0.15, -0.1) is 0 Å². The number of benzene rings is 1. The van der Waals surface area contributed by atoms with Crippen LogP contribution in [0.4, 0.5) is 13.2 Å². The number of rotatable bonds is 2. The molecule has 4 aromatic rings. The molecule has 0 bridgehead atoms. The van der Waals surface area contributed by atoms with E-state index in [2.05, 4.69) is 20.2 Å². The molecule has 9 heteroatoms. The molecule has 3 aromatic heterocycles. The second-order valence-electron chi connectivity index (χ2n) is 6.50. The Morgan fingerprint density at radius 2 is 1.82 bits per heavy atom. The second kappa shape index (κ2) is 6.50. The van der Waals surface area contributed by atoms with E-state index < -0.39 is 11.9 Å². The molecule has 0 saturated carbocycles. The molecule has 0 aliphatic rings. The molecule has 0 fully saturated rings. The van der Waals surface area contributed by atoms with Crippen molar-refractivity contribution in [2.75, 3.05) is 0 Å². The van der Waals surface area contributed by atoms with E-state index in [1.54, 1.807) is 26.8 Å². The first kappa shape index (κ1) is 19.7. The first-order chi connectivity index (χ1) is 12.6. The number of aromatic amines is 1. The second-order valence-corrected chi connectivity index (χ2v) is 6.50. The summed E-state index contributed by atoms with van der Waals surface area (Å²) < 4.78 is 47.0. The molecule has 0 aliphatic heterocycles. The Hall–Kier alpha value is -3.10. The molecule has 0 radical (unpaired) electrons. The van der Waals surface area contributed by atoms with Crippen LogP contribution in [0.3, 0.4) is 0 Å². The van der Waals surface area contributed by atoms with Gasteiger partial charge in [-0.1, -0.05) is 12.6 Å². The number of aryl methyl sites for hydroxylation is 4. The van der Waals surface area contributed by atoms with Gasteiger partial charge >= 0.3 is 6.18 Å². The lowest BCUT2D eigenvalue weighted by atomic mass is 9.96. The van der Waals surface area contributed by atoms with E-state index in [0.29, 0.717) is 39.4 Å². The van der Waals surface area contributed by atoms with E-state index in [1.165, 1.54) is 13.2 Å². The molecule has 0 amide bonds. The summed E-state index contributed by atoms with van der Waals surface area (Å²) in [4.78, 5) is 7.49. The Bertz CT molecular complexity index is 1150. The van der Waals surface area contributed by atoms with Gasteiger partial charge in [0.15, 0.2) is 5.69 Å². The van der Waals surface area contributed by atoms with Crippen molar-refractivity contribution in [2.24, 2.45) is 7.05 Å². The normalized spacial score (nSPS) is 11.8. The highest BCUT2D eigenvalue weighted by Crippen LogP contribution is 2.40. The minimum atomic E-state index is -4.58. The Morgan fingerprint density at radius 3 is 2.43 bits per heavy atom. The predicted octanol–water partition coefficient (Wildman–Crippen LogP) is 5.20. The number of fused-ring (bicyclic) bond motifs is 1. The minimum absolute atomic E-state index is 0. The summed E-state index contributed by atoms with van der Waals surface area (Å²) in [6, 6.07) is 3.52. The highest BCUT2D eigenvalue weighted by atomic mass is 19.4. The van der Waals surface area contributed by atoms with Crippen molar-refractivity contribution in [3.63, 3.8) is 0 Å². The number of nitrogens with zero attached hydrogens (tertiary/aromatic N) is 4. The molecule has 148 valence electrons.